The van der Waals surface area contributed by atoms with Crippen LogP contribution in [0.4, 0.5) is 0 Å². The highest BCUT2D eigenvalue weighted by Crippen LogP contribution is 2.22. The summed E-state index contributed by atoms with van der Waals surface area (Å²) in [6.45, 7) is 2.65. The summed E-state index contributed by atoms with van der Waals surface area (Å²) < 4.78 is 22.4. The van der Waals surface area contributed by atoms with Crippen molar-refractivity contribution in [1.82, 2.24) is 4.90 Å². The molecule has 1 heterocycles. The summed E-state index contributed by atoms with van der Waals surface area (Å²) in [6, 6.07) is 0. The van der Waals surface area contributed by atoms with Gasteiger partial charge in [0.1, 0.15) is 9.84 Å². The minimum atomic E-state index is -2.80. The first-order valence-electron chi connectivity index (χ1n) is 5.39. The molecule has 1 saturated heterocycles. The van der Waals surface area contributed by atoms with Crippen LogP contribution in [-0.4, -0.2) is 44.3 Å². The van der Waals surface area contributed by atoms with E-state index in [0.29, 0.717) is 25.8 Å². The highest BCUT2D eigenvalue weighted by atomic mass is 32.2. The number of rotatable bonds is 3. The maximum Gasteiger partial charge on any atom is 0.222 e. The zero-order valence-corrected chi connectivity index (χ0v) is 10.2. The van der Waals surface area contributed by atoms with E-state index < -0.39 is 9.84 Å². The smallest absolute Gasteiger partial charge is 0.222 e. The van der Waals surface area contributed by atoms with Crippen LogP contribution >= 0.6 is 0 Å². The molecule has 1 aliphatic rings. The van der Waals surface area contributed by atoms with Crippen LogP contribution in [0.1, 0.15) is 26.2 Å². The first-order valence-corrected chi connectivity index (χ1v) is 7.21. The maximum atomic E-state index is 11.6. The Morgan fingerprint density at radius 3 is 2.33 bits per heavy atom. The minimum Gasteiger partial charge on any atom is -0.346 e. The number of amides is 1. The molecule has 0 saturated carbocycles. The van der Waals surface area contributed by atoms with E-state index in [9.17, 15) is 13.2 Å². The van der Waals surface area contributed by atoms with E-state index in [2.05, 4.69) is 0 Å². The lowest BCUT2D eigenvalue weighted by molar-refractivity contribution is -0.130. The first-order chi connectivity index (χ1) is 6.94. The van der Waals surface area contributed by atoms with Crippen molar-refractivity contribution in [2.45, 2.75) is 26.2 Å². The molecule has 1 fully saturated rings. The Hall–Kier alpha value is -0.580. The van der Waals surface area contributed by atoms with Gasteiger partial charge in [-0.2, -0.15) is 0 Å². The summed E-state index contributed by atoms with van der Waals surface area (Å²) in [5.41, 5.74) is 0. The van der Waals surface area contributed by atoms with Crippen LogP contribution in [0.2, 0.25) is 0 Å². The van der Waals surface area contributed by atoms with Gasteiger partial charge in [-0.1, -0.05) is 0 Å². The van der Waals surface area contributed by atoms with Crippen LogP contribution in [0.5, 0.6) is 0 Å². The minimum absolute atomic E-state index is 0.127. The van der Waals surface area contributed by atoms with Gasteiger partial charge in [0, 0.05) is 20.0 Å². The largest absolute Gasteiger partial charge is 0.346 e. The molecular formula is C10H19NO3S. The van der Waals surface area contributed by atoms with E-state index in [1.54, 1.807) is 11.9 Å². The Morgan fingerprint density at radius 1 is 1.33 bits per heavy atom. The van der Waals surface area contributed by atoms with E-state index in [1.165, 1.54) is 0 Å². The molecule has 0 aromatic heterocycles. The van der Waals surface area contributed by atoms with Crippen molar-refractivity contribution in [3.8, 4) is 0 Å². The lowest BCUT2D eigenvalue weighted by Crippen LogP contribution is -2.31. The highest BCUT2D eigenvalue weighted by molar-refractivity contribution is 7.91. The molecule has 15 heavy (non-hydrogen) atoms. The molecule has 1 rings (SSSR count). The molecule has 0 N–H and O–H groups in total. The van der Waals surface area contributed by atoms with Crippen LogP contribution in [-0.2, 0) is 14.6 Å². The number of sulfone groups is 1. The summed E-state index contributed by atoms with van der Waals surface area (Å²) in [4.78, 5) is 13.3. The number of nitrogens with zero attached hydrogens (tertiary/aromatic N) is 1. The molecule has 5 heteroatoms. The van der Waals surface area contributed by atoms with Crippen LogP contribution in [0.3, 0.4) is 0 Å². The molecule has 1 amide bonds. The average molecular weight is 233 g/mol. The molecule has 0 aromatic carbocycles. The maximum absolute atomic E-state index is 11.6. The van der Waals surface area contributed by atoms with Crippen LogP contribution < -0.4 is 0 Å². The summed E-state index contributed by atoms with van der Waals surface area (Å²) in [6.07, 6.45) is 1.79. The molecule has 0 unspecified atom stereocenters. The van der Waals surface area contributed by atoms with Crippen molar-refractivity contribution >= 4 is 15.7 Å². The second-order valence-electron chi connectivity index (χ2n) is 4.21. The third-order valence-corrected chi connectivity index (χ3v) is 4.75. The van der Waals surface area contributed by atoms with Gasteiger partial charge < -0.3 is 4.90 Å². The van der Waals surface area contributed by atoms with Crippen LogP contribution in [0.15, 0.2) is 0 Å². The van der Waals surface area contributed by atoms with Gasteiger partial charge in [0.25, 0.3) is 0 Å². The Kier molecular flexibility index (Phi) is 4.13. The van der Waals surface area contributed by atoms with Crippen molar-refractivity contribution in [1.29, 1.82) is 0 Å². The summed E-state index contributed by atoms with van der Waals surface area (Å²) in [5.74, 6) is 0.888. The van der Waals surface area contributed by atoms with Gasteiger partial charge in [-0.05, 0) is 25.7 Å². The molecule has 0 atom stereocenters. The molecule has 4 nitrogen and oxygen atoms in total. The van der Waals surface area contributed by atoms with Crippen molar-refractivity contribution < 1.29 is 13.2 Å². The van der Waals surface area contributed by atoms with E-state index in [1.807, 2.05) is 6.92 Å². The molecule has 1 aliphatic heterocycles. The zero-order chi connectivity index (χ0) is 11.5. The first kappa shape index (κ1) is 12.5. The fraction of sp³-hybridized carbons (Fsp3) is 0.900. The van der Waals surface area contributed by atoms with Gasteiger partial charge in [0.05, 0.1) is 11.5 Å². The Bertz CT molecular complexity index is 310. The van der Waals surface area contributed by atoms with E-state index in [-0.39, 0.29) is 23.3 Å². The fourth-order valence-electron chi connectivity index (χ4n) is 1.72. The highest BCUT2D eigenvalue weighted by Gasteiger charge is 2.25. The lowest BCUT2D eigenvalue weighted by atomic mass is 9.98. The number of hydrogen-bond acceptors (Lipinski definition) is 3. The van der Waals surface area contributed by atoms with Crippen LogP contribution in [0.25, 0.3) is 0 Å². The summed E-state index contributed by atoms with van der Waals surface area (Å²) in [5, 5.41) is 0. The van der Waals surface area contributed by atoms with Gasteiger partial charge in [0.15, 0.2) is 0 Å². The quantitative estimate of drug-likeness (QED) is 0.720. The SMILES string of the molecule is CCN(C)C(=O)CC1CCS(=O)(=O)CC1. The van der Waals surface area contributed by atoms with Gasteiger partial charge in [-0.25, -0.2) is 8.42 Å². The second kappa shape index (κ2) is 4.96. The number of carbonyl (C=O) groups is 1. The van der Waals surface area contributed by atoms with Crippen LogP contribution in [0, 0.1) is 5.92 Å². The van der Waals surface area contributed by atoms with Gasteiger partial charge in [-0.15, -0.1) is 0 Å². The third kappa shape index (κ3) is 3.81. The lowest BCUT2D eigenvalue weighted by Gasteiger charge is -2.23. The topological polar surface area (TPSA) is 54.5 Å². The summed E-state index contributed by atoms with van der Waals surface area (Å²) in [7, 11) is -1.02. The monoisotopic (exact) mass is 233 g/mol. The van der Waals surface area contributed by atoms with Crippen molar-refractivity contribution in [2.24, 2.45) is 5.92 Å². The number of hydrogen-bond donors (Lipinski definition) is 0. The normalized spacial score (nSPS) is 21.2. The molecule has 0 aliphatic carbocycles. The van der Waals surface area contributed by atoms with Crippen molar-refractivity contribution in [2.75, 3.05) is 25.1 Å². The summed E-state index contributed by atoms with van der Waals surface area (Å²) >= 11 is 0. The predicted octanol–water partition coefficient (Wildman–Crippen LogP) is 0.680. The van der Waals surface area contributed by atoms with Gasteiger partial charge >= 0.3 is 0 Å². The van der Waals surface area contributed by atoms with E-state index in [4.69, 9.17) is 0 Å². The zero-order valence-electron chi connectivity index (χ0n) is 9.40. The third-order valence-electron chi connectivity index (χ3n) is 3.04. The molecular weight excluding hydrogens is 214 g/mol. The number of carbonyl (C=O) groups excluding carboxylic acids is 1. The average Bonchev–Trinajstić information content (AvgIpc) is 2.20. The van der Waals surface area contributed by atoms with E-state index >= 15 is 0 Å². The van der Waals surface area contributed by atoms with Crippen molar-refractivity contribution in [3.05, 3.63) is 0 Å². The molecule has 0 bridgehead atoms. The van der Waals surface area contributed by atoms with Gasteiger partial charge in [-0.3, -0.25) is 4.79 Å². The van der Waals surface area contributed by atoms with E-state index in [0.717, 1.165) is 0 Å². The molecule has 88 valence electrons. The molecule has 0 aromatic rings. The Labute approximate surface area is 91.6 Å². The van der Waals surface area contributed by atoms with Gasteiger partial charge in [0.2, 0.25) is 5.91 Å². The standard InChI is InChI=1S/C10H19NO3S/c1-3-11(2)10(12)8-9-4-6-15(13,14)7-5-9/h9H,3-8H2,1-2H3. The molecule has 0 spiro atoms. The second-order valence-corrected chi connectivity index (χ2v) is 6.51. The van der Waals surface area contributed by atoms with Crippen molar-refractivity contribution in [3.63, 3.8) is 0 Å². The Morgan fingerprint density at radius 2 is 1.87 bits per heavy atom. The fourth-order valence-corrected chi connectivity index (χ4v) is 3.31. The molecule has 0 radical (unpaired) electrons. The Balaban J connectivity index is 2.39. The predicted molar refractivity (Wildman–Crippen MR) is 59.3 cm³/mol.